The van der Waals surface area contributed by atoms with Gasteiger partial charge in [0.25, 0.3) is 0 Å². The van der Waals surface area contributed by atoms with Crippen molar-refractivity contribution >= 4 is 10.9 Å². The van der Waals surface area contributed by atoms with E-state index in [4.69, 9.17) is 9.72 Å². The first-order chi connectivity index (χ1) is 15.3. The van der Waals surface area contributed by atoms with E-state index in [9.17, 15) is 0 Å². The molecule has 0 atom stereocenters. The number of nitrogens with zero attached hydrogens (tertiary/aromatic N) is 1. The van der Waals surface area contributed by atoms with E-state index in [1.54, 1.807) is 7.11 Å². The third kappa shape index (κ3) is 9.72. The Hall–Kier alpha value is -2.09. The smallest absolute Gasteiger partial charge is 0.119 e. The zero-order chi connectivity index (χ0) is 22.2. The van der Waals surface area contributed by atoms with Crippen molar-refractivity contribution in [2.24, 2.45) is 0 Å². The molecule has 0 unspecified atom stereocenters. The Morgan fingerprint density at radius 1 is 0.742 bits per heavy atom. The van der Waals surface area contributed by atoms with Crippen molar-refractivity contribution in [1.82, 2.24) is 4.98 Å². The third-order valence-corrected chi connectivity index (χ3v) is 6.12. The number of aromatic nitrogens is 1. The average molecular weight is 422 g/mol. The Kier molecular flexibility index (Phi) is 12.7. The SMILES string of the molecule is C=CCCCCCCCCc1nc2ccc(OC)cc2cc1CCCCCCCC=C. The predicted octanol–water partition coefficient (Wildman–Crippen LogP) is 8.77. The lowest BCUT2D eigenvalue weighted by Gasteiger charge is -2.12. The summed E-state index contributed by atoms with van der Waals surface area (Å²) >= 11 is 0. The Balaban J connectivity index is 1.91. The van der Waals surface area contributed by atoms with E-state index in [1.165, 1.54) is 87.3 Å². The number of unbranched alkanes of at least 4 members (excludes halogenated alkanes) is 11. The van der Waals surface area contributed by atoms with Crippen LogP contribution in [0.1, 0.15) is 94.7 Å². The zero-order valence-corrected chi connectivity index (χ0v) is 19.8. The second kappa shape index (κ2) is 15.7. The van der Waals surface area contributed by atoms with E-state index in [0.717, 1.165) is 36.9 Å². The summed E-state index contributed by atoms with van der Waals surface area (Å²) in [5, 5.41) is 1.20. The molecular formula is C29H43NO. The van der Waals surface area contributed by atoms with Crippen LogP contribution in [-0.2, 0) is 12.8 Å². The van der Waals surface area contributed by atoms with Crippen LogP contribution in [0.25, 0.3) is 10.9 Å². The largest absolute Gasteiger partial charge is 0.497 e. The van der Waals surface area contributed by atoms with Gasteiger partial charge in [0, 0.05) is 11.1 Å². The van der Waals surface area contributed by atoms with Gasteiger partial charge in [0.15, 0.2) is 0 Å². The van der Waals surface area contributed by atoms with Gasteiger partial charge >= 0.3 is 0 Å². The molecule has 0 saturated carbocycles. The molecule has 0 saturated heterocycles. The molecule has 2 heteroatoms. The van der Waals surface area contributed by atoms with Gasteiger partial charge in [-0.1, -0.05) is 57.1 Å². The summed E-state index contributed by atoms with van der Waals surface area (Å²) in [7, 11) is 1.73. The molecule has 170 valence electrons. The van der Waals surface area contributed by atoms with Crippen molar-refractivity contribution in [3.05, 3.63) is 60.8 Å². The molecule has 0 radical (unpaired) electrons. The lowest BCUT2D eigenvalue weighted by atomic mass is 9.98. The van der Waals surface area contributed by atoms with Crippen molar-refractivity contribution in [2.45, 2.75) is 96.3 Å². The molecule has 0 amide bonds. The van der Waals surface area contributed by atoms with Crippen molar-refractivity contribution < 1.29 is 4.74 Å². The van der Waals surface area contributed by atoms with Crippen LogP contribution in [0.5, 0.6) is 5.75 Å². The van der Waals surface area contributed by atoms with E-state index in [2.05, 4.69) is 31.4 Å². The molecule has 0 bridgehead atoms. The van der Waals surface area contributed by atoms with Crippen LogP contribution in [0.15, 0.2) is 49.6 Å². The quantitative estimate of drug-likeness (QED) is 0.177. The summed E-state index contributed by atoms with van der Waals surface area (Å²) in [4.78, 5) is 5.07. The topological polar surface area (TPSA) is 22.1 Å². The maximum absolute atomic E-state index is 5.42. The lowest BCUT2D eigenvalue weighted by Crippen LogP contribution is -2.00. The molecule has 0 N–H and O–H groups in total. The Bertz CT molecular complexity index is 780. The lowest BCUT2D eigenvalue weighted by molar-refractivity contribution is 0.415. The molecular weight excluding hydrogens is 378 g/mol. The third-order valence-electron chi connectivity index (χ3n) is 6.12. The van der Waals surface area contributed by atoms with Crippen molar-refractivity contribution in [3.8, 4) is 5.75 Å². The standard InChI is InChI=1S/C29H43NO/c1-4-6-8-10-12-14-16-18-20-28-25(19-17-15-13-11-9-7-5-2)23-26-24-27(31-3)21-22-29(26)30-28/h4-5,21-24H,1-2,6-20H2,3H3. The van der Waals surface area contributed by atoms with Crippen LogP contribution in [0.3, 0.4) is 0 Å². The Labute approximate surface area is 190 Å². The minimum Gasteiger partial charge on any atom is -0.497 e. The molecule has 1 aromatic carbocycles. The minimum absolute atomic E-state index is 0.909. The number of hydrogen-bond donors (Lipinski definition) is 0. The van der Waals surface area contributed by atoms with E-state index in [-0.39, 0.29) is 0 Å². The highest BCUT2D eigenvalue weighted by atomic mass is 16.5. The maximum atomic E-state index is 5.42. The monoisotopic (exact) mass is 421 g/mol. The predicted molar refractivity (Wildman–Crippen MR) is 136 cm³/mol. The molecule has 0 aliphatic rings. The molecule has 0 fully saturated rings. The number of pyridine rings is 1. The van der Waals surface area contributed by atoms with Crippen LogP contribution in [0, 0.1) is 0 Å². The number of fused-ring (bicyclic) bond motifs is 1. The first-order valence-electron chi connectivity index (χ1n) is 12.5. The Morgan fingerprint density at radius 2 is 1.32 bits per heavy atom. The van der Waals surface area contributed by atoms with Crippen LogP contribution in [-0.4, -0.2) is 12.1 Å². The summed E-state index contributed by atoms with van der Waals surface area (Å²) in [6.07, 6.45) is 22.9. The molecule has 2 rings (SSSR count). The van der Waals surface area contributed by atoms with Gasteiger partial charge in [-0.2, -0.15) is 0 Å². The van der Waals surface area contributed by atoms with E-state index >= 15 is 0 Å². The number of aryl methyl sites for hydroxylation is 2. The number of hydrogen-bond acceptors (Lipinski definition) is 2. The number of rotatable bonds is 18. The highest BCUT2D eigenvalue weighted by Crippen LogP contribution is 2.24. The second-order valence-corrected chi connectivity index (χ2v) is 8.70. The Morgan fingerprint density at radius 3 is 1.94 bits per heavy atom. The van der Waals surface area contributed by atoms with Crippen molar-refractivity contribution in [2.75, 3.05) is 7.11 Å². The van der Waals surface area contributed by atoms with Gasteiger partial charge in [0.1, 0.15) is 5.75 Å². The normalized spacial score (nSPS) is 11.0. The number of benzene rings is 1. The summed E-state index contributed by atoms with van der Waals surface area (Å²) < 4.78 is 5.42. The highest BCUT2D eigenvalue weighted by Gasteiger charge is 2.08. The molecule has 0 aliphatic heterocycles. The van der Waals surface area contributed by atoms with Gasteiger partial charge < -0.3 is 4.74 Å². The van der Waals surface area contributed by atoms with Crippen LogP contribution >= 0.6 is 0 Å². The summed E-state index contributed by atoms with van der Waals surface area (Å²) in [5.74, 6) is 0.909. The molecule has 31 heavy (non-hydrogen) atoms. The number of methoxy groups -OCH3 is 1. The van der Waals surface area contributed by atoms with E-state index in [1.807, 2.05) is 18.2 Å². The van der Waals surface area contributed by atoms with Gasteiger partial charge in [-0.3, -0.25) is 4.98 Å². The minimum atomic E-state index is 0.909. The fraction of sp³-hybridized carbons (Fsp3) is 0.552. The van der Waals surface area contributed by atoms with Crippen LogP contribution < -0.4 is 4.74 Å². The van der Waals surface area contributed by atoms with Crippen molar-refractivity contribution in [3.63, 3.8) is 0 Å². The first kappa shape index (κ1) is 25.2. The summed E-state index contributed by atoms with van der Waals surface area (Å²) in [6.45, 7) is 7.62. The maximum Gasteiger partial charge on any atom is 0.119 e. The van der Waals surface area contributed by atoms with Gasteiger partial charge in [0.05, 0.1) is 12.6 Å². The molecule has 0 aliphatic carbocycles. The molecule has 2 aromatic rings. The zero-order valence-electron chi connectivity index (χ0n) is 19.8. The van der Waals surface area contributed by atoms with Crippen molar-refractivity contribution in [1.29, 1.82) is 0 Å². The van der Waals surface area contributed by atoms with Gasteiger partial charge in [-0.15, -0.1) is 13.2 Å². The van der Waals surface area contributed by atoms with Gasteiger partial charge in [0.2, 0.25) is 0 Å². The molecule has 2 nitrogen and oxygen atoms in total. The van der Waals surface area contributed by atoms with Crippen LogP contribution in [0.2, 0.25) is 0 Å². The fourth-order valence-corrected chi connectivity index (χ4v) is 4.22. The average Bonchev–Trinajstić information content (AvgIpc) is 2.79. The summed E-state index contributed by atoms with van der Waals surface area (Å²) in [5.41, 5.74) is 3.85. The second-order valence-electron chi connectivity index (χ2n) is 8.70. The molecule has 0 spiro atoms. The van der Waals surface area contributed by atoms with E-state index in [0.29, 0.717) is 0 Å². The molecule has 1 heterocycles. The van der Waals surface area contributed by atoms with Crippen LogP contribution in [0.4, 0.5) is 0 Å². The van der Waals surface area contributed by atoms with E-state index < -0.39 is 0 Å². The number of allylic oxidation sites excluding steroid dienone is 2. The molecule has 1 aromatic heterocycles. The first-order valence-corrected chi connectivity index (χ1v) is 12.5. The van der Waals surface area contributed by atoms with Gasteiger partial charge in [-0.05, 0) is 81.2 Å². The number of ether oxygens (including phenoxy) is 1. The fourth-order valence-electron chi connectivity index (χ4n) is 4.22. The summed E-state index contributed by atoms with van der Waals surface area (Å²) in [6, 6.07) is 8.60. The highest BCUT2D eigenvalue weighted by molar-refractivity contribution is 5.81. The van der Waals surface area contributed by atoms with Gasteiger partial charge in [-0.25, -0.2) is 0 Å².